The van der Waals surface area contributed by atoms with Crippen molar-refractivity contribution in [2.75, 3.05) is 6.61 Å². The van der Waals surface area contributed by atoms with Gasteiger partial charge in [0, 0.05) is 12.6 Å². The molecule has 98 valence electrons. The Hall–Kier alpha value is 0.137. The van der Waals surface area contributed by atoms with Crippen LogP contribution in [-0.4, -0.2) is 21.0 Å². The molecule has 0 aliphatic rings. The van der Waals surface area contributed by atoms with Crippen LogP contribution in [0.25, 0.3) is 0 Å². The Balaban J connectivity index is 3.81. The minimum atomic E-state index is -1.56. The van der Waals surface area contributed by atoms with E-state index in [0.717, 1.165) is 19.4 Å². The van der Waals surface area contributed by atoms with Gasteiger partial charge in [0.15, 0.2) is 8.32 Å². The van der Waals surface area contributed by atoms with Crippen molar-refractivity contribution in [2.45, 2.75) is 77.6 Å². The van der Waals surface area contributed by atoms with Gasteiger partial charge in [-0.1, -0.05) is 40.5 Å². The van der Waals surface area contributed by atoms with Crippen LogP contribution in [0.2, 0.25) is 18.1 Å². The van der Waals surface area contributed by atoms with Gasteiger partial charge in [-0.2, -0.15) is 0 Å². The second-order valence-corrected chi connectivity index (χ2v) is 11.1. The molecule has 0 heterocycles. The molecule has 1 atom stereocenters. The number of unbranched alkanes of at least 4 members (excludes halogenated alkanes) is 1. The maximum Gasteiger partial charge on any atom is 0.191 e. The molecule has 0 aromatic heterocycles. The van der Waals surface area contributed by atoms with Crippen molar-refractivity contribution in [3.8, 4) is 0 Å². The Bertz CT molecular complexity index is 187. The summed E-state index contributed by atoms with van der Waals surface area (Å²) >= 11 is 0. The van der Waals surface area contributed by atoms with Crippen molar-refractivity contribution in [3.63, 3.8) is 0 Å². The molecule has 1 unspecified atom stereocenters. The summed E-state index contributed by atoms with van der Waals surface area (Å²) < 4.78 is 6.10. The van der Waals surface area contributed by atoms with Gasteiger partial charge < -0.3 is 10.2 Å². The minimum absolute atomic E-state index is 0.306. The van der Waals surface area contributed by atoms with Gasteiger partial charge in [0.05, 0.1) is 0 Å². The highest BCUT2D eigenvalue weighted by molar-refractivity contribution is 6.74. The molecule has 0 saturated heterocycles. The third kappa shape index (κ3) is 6.02. The van der Waals surface area contributed by atoms with Crippen LogP contribution < -0.4 is 5.73 Å². The Kier molecular flexibility index (Phi) is 6.83. The van der Waals surface area contributed by atoms with E-state index >= 15 is 0 Å². The lowest BCUT2D eigenvalue weighted by Crippen LogP contribution is -2.41. The predicted molar refractivity (Wildman–Crippen MR) is 75.3 cm³/mol. The van der Waals surface area contributed by atoms with Crippen molar-refractivity contribution < 1.29 is 4.43 Å². The fourth-order valence-electron chi connectivity index (χ4n) is 1.29. The van der Waals surface area contributed by atoms with Crippen LogP contribution in [0.15, 0.2) is 0 Å². The van der Waals surface area contributed by atoms with E-state index < -0.39 is 8.32 Å². The Morgan fingerprint density at radius 3 is 2.19 bits per heavy atom. The molecule has 0 aromatic carbocycles. The van der Waals surface area contributed by atoms with Crippen LogP contribution >= 0.6 is 0 Å². The van der Waals surface area contributed by atoms with Crippen LogP contribution in [-0.2, 0) is 4.43 Å². The number of nitrogens with two attached hydrogens (primary N) is 1. The van der Waals surface area contributed by atoms with Gasteiger partial charge >= 0.3 is 0 Å². The average Bonchev–Trinajstić information content (AvgIpc) is 2.12. The van der Waals surface area contributed by atoms with E-state index in [2.05, 4.69) is 40.8 Å². The first-order valence-electron chi connectivity index (χ1n) is 6.60. The van der Waals surface area contributed by atoms with Gasteiger partial charge in [0.2, 0.25) is 0 Å². The molecule has 0 amide bonds. The molecule has 16 heavy (non-hydrogen) atoms. The van der Waals surface area contributed by atoms with E-state index in [1.54, 1.807) is 0 Å². The van der Waals surface area contributed by atoms with Gasteiger partial charge in [-0.15, -0.1) is 0 Å². The molecule has 3 heteroatoms. The first kappa shape index (κ1) is 16.1. The fourth-order valence-corrected chi connectivity index (χ4v) is 2.35. The van der Waals surface area contributed by atoms with Crippen LogP contribution in [0.4, 0.5) is 0 Å². The molecule has 0 spiro atoms. The van der Waals surface area contributed by atoms with Crippen molar-refractivity contribution in [1.29, 1.82) is 0 Å². The first-order chi connectivity index (χ1) is 7.20. The first-order valence-corrected chi connectivity index (χ1v) is 9.51. The van der Waals surface area contributed by atoms with E-state index in [-0.39, 0.29) is 0 Å². The standard InChI is InChI=1S/C13H31NOSi/c1-7-8-9-12(14)10-11-15-16(5,6)13(2,3)4/h12H,7-11,14H2,1-6H3. The third-order valence-electron chi connectivity index (χ3n) is 3.69. The summed E-state index contributed by atoms with van der Waals surface area (Å²) in [5, 5.41) is 0.306. The molecule has 0 radical (unpaired) electrons. The summed E-state index contributed by atoms with van der Waals surface area (Å²) in [7, 11) is -1.56. The highest BCUT2D eigenvalue weighted by atomic mass is 28.4. The molecule has 2 nitrogen and oxygen atoms in total. The van der Waals surface area contributed by atoms with Crippen molar-refractivity contribution in [3.05, 3.63) is 0 Å². The molecule has 0 fully saturated rings. The maximum atomic E-state index is 6.10. The zero-order chi connectivity index (χ0) is 12.8. The number of hydrogen-bond acceptors (Lipinski definition) is 2. The van der Waals surface area contributed by atoms with Gasteiger partial charge in [-0.25, -0.2) is 0 Å². The molecule has 0 aliphatic heterocycles. The quantitative estimate of drug-likeness (QED) is 0.690. The zero-order valence-corrected chi connectivity index (χ0v) is 13.1. The van der Waals surface area contributed by atoms with E-state index in [0.29, 0.717) is 11.1 Å². The molecule has 0 bridgehead atoms. The van der Waals surface area contributed by atoms with E-state index in [1.807, 2.05) is 0 Å². The highest BCUT2D eigenvalue weighted by Crippen LogP contribution is 2.36. The lowest BCUT2D eigenvalue weighted by atomic mass is 10.1. The zero-order valence-electron chi connectivity index (χ0n) is 12.1. The van der Waals surface area contributed by atoms with Crippen LogP contribution in [0.1, 0.15) is 53.4 Å². The van der Waals surface area contributed by atoms with Crippen LogP contribution in [0.3, 0.4) is 0 Å². The molecule has 0 rings (SSSR count). The van der Waals surface area contributed by atoms with Gasteiger partial charge in [0.1, 0.15) is 0 Å². The fraction of sp³-hybridized carbons (Fsp3) is 1.00. The summed E-state index contributed by atoms with van der Waals surface area (Å²) in [6, 6.07) is 0.324. The summed E-state index contributed by atoms with van der Waals surface area (Å²) in [4.78, 5) is 0. The van der Waals surface area contributed by atoms with Gasteiger partial charge in [-0.3, -0.25) is 0 Å². The summed E-state index contributed by atoms with van der Waals surface area (Å²) in [5.41, 5.74) is 6.03. The topological polar surface area (TPSA) is 35.2 Å². The second kappa shape index (κ2) is 6.77. The summed E-state index contributed by atoms with van der Waals surface area (Å²) in [5.74, 6) is 0. The average molecular weight is 245 g/mol. The van der Waals surface area contributed by atoms with Crippen LogP contribution in [0.5, 0.6) is 0 Å². The molecular formula is C13H31NOSi. The third-order valence-corrected chi connectivity index (χ3v) is 8.22. The second-order valence-electron chi connectivity index (χ2n) is 6.30. The van der Waals surface area contributed by atoms with Crippen molar-refractivity contribution in [1.82, 2.24) is 0 Å². The monoisotopic (exact) mass is 245 g/mol. The molecular weight excluding hydrogens is 214 g/mol. The molecule has 0 aliphatic carbocycles. The lowest BCUT2D eigenvalue weighted by Gasteiger charge is -2.36. The van der Waals surface area contributed by atoms with Crippen molar-refractivity contribution in [2.24, 2.45) is 5.73 Å². The molecule has 2 N–H and O–H groups in total. The Labute approximate surface area is 103 Å². The van der Waals surface area contributed by atoms with Gasteiger partial charge in [0.25, 0.3) is 0 Å². The lowest BCUT2D eigenvalue weighted by molar-refractivity contribution is 0.268. The van der Waals surface area contributed by atoms with Crippen LogP contribution in [0, 0.1) is 0 Å². The molecule has 0 saturated carbocycles. The van der Waals surface area contributed by atoms with E-state index in [1.165, 1.54) is 12.8 Å². The van der Waals surface area contributed by atoms with Crippen molar-refractivity contribution >= 4 is 8.32 Å². The summed E-state index contributed by atoms with van der Waals surface area (Å²) in [6.45, 7) is 14.5. The summed E-state index contributed by atoms with van der Waals surface area (Å²) in [6.07, 6.45) is 4.61. The predicted octanol–water partition coefficient (Wildman–Crippen LogP) is 3.92. The normalized spacial score (nSPS) is 15.2. The van der Waals surface area contributed by atoms with E-state index in [9.17, 15) is 0 Å². The highest BCUT2D eigenvalue weighted by Gasteiger charge is 2.36. The number of rotatable bonds is 7. The Morgan fingerprint density at radius 1 is 1.19 bits per heavy atom. The largest absolute Gasteiger partial charge is 0.417 e. The smallest absolute Gasteiger partial charge is 0.191 e. The maximum absolute atomic E-state index is 6.10. The number of hydrogen-bond donors (Lipinski definition) is 1. The van der Waals surface area contributed by atoms with Gasteiger partial charge in [-0.05, 0) is 31.0 Å². The molecule has 0 aromatic rings. The Morgan fingerprint density at radius 2 is 1.75 bits per heavy atom. The van der Waals surface area contributed by atoms with E-state index in [4.69, 9.17) is 10.2 Å². The minimum Gasteiger partial charge on any atom is -0.417 e. The SMILES string of the molecule is CCCCC(N)CCO[Si](C)(C)C(C)(C)C.